The molecular weight excluding hydrogens is 340 g/mol. The molecule has 0 unspecified atom stereocenters. The second-order valence-corrected chi connectivity index (χ2v) is 8.45. The fourth-order valence-electron chi connectivity index (χ4n) is 2.49. The van der Waals surface area contributed by atoms with Crippen LogP contribution in [0.25, 0.3) is 0 Å². The average Bonchev–Trinajstić information content (AvgIpc) is 2.86. The third kappa shape index (κ3) is 7.02. The summed E-state index contributed by atoms with van der Waals surface area (Å²) < 4.78 is 11.0. The maximum absolute atomic E-state index is 12.4. The number of hydrogen-bond acceptors (Lipinski definition) is 6. The topological polar surface area (TPSA) is 68.7 Å². The van der Waals surface area contributed by atoms with E-state index < -0.39 is 11.7 Å². The molecule has 6 nitrogen and oxygen atoms in total. The van der Waals surface area contributed by atoms with Gasteiger partial charge >= 0.3 is 12.1 Å². The quantitative estimate of drug-likeness (QED) is 0.697. The normalized spacial score (nSPS) is 14.1. The molecular formula is C18H30N2O4S. The van der Waals surface area contributed by atoms with Gasteiger partial charge in [-0.15, -0.1) is 11.3 Å². The van der Waals surface area contributed by atoms with Gasteiger partial charge in [-0.1, -0.05) is 13.8 Å². The second-order valence-electron chi connectivity index (χ2n) is 7.56. The van der Waals surface area contributed by atoms with Gasteiger partial charge in [-0.2, -0.15) is 0 Å². The average molecular weight is 371 g/mol. The fraction of sp³-hybridized carbons (Fsp3) is 0.722. The molecule has 0 radical (unpaired) electrons. The summed E-state index contributed by atoms with van der Waals surface area (Å²) in [6, 6.07) is -0.150. The third-order valence-electron chi connectivity index (χ3n) is 3.62. The Morgan fingerprint density at radius 1 is 1.32 bits per heavy atom. The van der Waals surface area contributed by atoms with Crippen molar-refractivity contribution in [3.05, 3.63) is 16.1 Å². The monoisotopic (exact) mass is 370 g/mol. The molecule has 0 saturated carbocycles. The smallest absolute Gasteiger partial charge is 0.410 e. The molecule has 0 N–H and O–H groups in total. The lowest BCUT2D eigenvalue weighted by molar-refractivity contribution is -0.147. The first-order valence-electron chi connectivity index (χ1n) is 8.45. The minimum atomic E-state index is -0.561. The van der Waals surface area contributed by atoms with Crippen LogP contribution in [0.2, 0.25) is 0 Å². The molecule has 2 atom stereocenters. The van der Waals surface area contributed by atoms with Gasteiger partial charge in [0, 0.05) is 37.5 Å². The summed E-state index contributed by atoms with van der Waals surface area (Å²) in [6.07, 6.45) is -0.392. The standard InChI is InChI=1S/C18H30N2O4S/c1-11(2)14(20(8)17(22)24-18(5,6)7)9-15(23-13(4)21)16-19-12(3)10-25-16/h10-11,14-15H,9H2,1-8H3/t14-,15+/m0/s1. The molecule has 0 aromatic carbocycles. The lowest BCUT2D eigenvalue weighted by Crippen LogP contribution is -2.44. The van der Waals surface area contributed by atoms with Crippen molar-refractivity contribution in [2.45, 2.75) is 72.6 Å². The van der Waals surface area contributed by atoms with Gasteiger partial charge < -0.3 is 14.4 Å². The van der Waals surface area contributed by atoms with Crippen LogP contribution in [0.5, 0.6) is 0 Å². The zero-order chi connectivity index (χ0) is 19.4. The van der Waals surface area contributed by atoms with E-state index in [9.17, 15) is 9.59 Å². The van der Waals surface area contributed by atoms with E-state index in [1.165, 1.54) is 18.3 Å². The van der Waals surface area contributed by atoms with Crippen molar-refractivity contribution >= 4 is 23.4 Å². The highest BCUT2D eigenvalue weighted by atomic mass is 32.1. The second kappa shape index (κ2) is 8.65. The van der Waals surface area contributed by atoms with Crippen LogP contribution in [0, 0.1) is 12.8 Å². The van der Waals surface area contributed by atoms with E-state index in [1.54, 1.807) is 11.9 Å². The van der Waals surface area contributed by atoms with Crippen LogP contribution in [-0.2, 0) is 14.3 Å². The van der Waals surface area contributed by atoms with Crippen LogP contribution in [0.15, 0.2) is 5.38 Å². The van der Waals surface area contributed by atoms with E-state index in [2.05, 4.69) is 4.98 Å². The number of thiazole rings is 1. The number of ether oxygens (including phenoxy) is 2. The van der Waals surface area contributed by atoms with E-state index in [4.69, 9.17) is 9.47 Å². The Bertz CT molecular complexity index is 592. The lowest BCUT2D eigenvalue weighted by atomic mass is 9.96. The first-order valence-corrected chi connectivity index (χ1v) is 9.33. The van der Waals surface area contributed by atoms with Crippen molar-refractivity contribution in [1.82, 2.24) is 9.88 Å². The zero-order valence-electron chi connectivity index (χ0n) is 16.5. The van der Waals surface area contributed by atoms with Crippen molar-refractivity contribution in [2.24, 2.45) is 5.92 Å². The molecule has 7 heteroatoms. The van der Waals surface area contributed by atoms with Crippen LogP contribution < -0.4 is 0 Å². The van der Waals surface area contributed by atoms with Gasteiger partial charge in [-0.05, 0) is 33.6 Å². The summed E-state index contributed by atoms with van der Waals surface area (Å²) in [5.41, 5.74) is 0.327. The first-order chi connectivity index (χ1) is 11.4. The number of esters is 1. The van der Waals surface area contributed by atoms with Gasteiger partial charge in [-0.3, -0.25) is 4.79 Å². The zero-order valence-corrected chi connectivity index (χ0v) is 17.3. The number of carbonyl (C=O) groups excluding carboxylic acids is 2. The molecule has 1 aromatic rings. The van der Waals surface area contributed by atoms with Crippen molar-refractivity contribution in [1.29, 1.82) is 0 Å². The highest BCUT2D eigenvalue weighted by molar-refractivity contribution is 7.09. The minimum Gasteiger partial charge on any atom is -0.455 e. The largest absolute Gasteiger partial charge is 0.455 e. The molecule has 1 aromatic heterocycles. The number of rotatable bonds is 6. The van der Waals surface area contributed by atoms with E-state index >= 15 is 0 Å². The van der Waals surface area contributed by atoms with E-state index in [0.717, 1.165) is 10.7 Å². The molecule has 1 rings (SSSR count). The fourth-order valence-corrected chi connectivity index (χ4v) is 3.32. The molecule has 0 fully saturated rings. The summed E-state index contributed by atoms with van der Waals surface area (Å²) in [7, 11) is 1.72. The van der Waals surface area contributed by atoms with Crippen molar-refractivity contribution in [3.8, 4) is 0 Å². The predicted octanol–water partition coefficient (Wildman–Crippen LogP) is 4.34. The molecule has 25 heavy (non-hydrogen) atoms. The van der Waals surface area contributed by atoms with Gasteiger partial charge in [0.25, 0.3) is 0 Å². The summed E-state index contributed by atoms with van der Waals surface area (Å²) in [5.74, 6) is -0.197. The van der Waals surface area contributed by atoms with Gasteiger partial charge in [0.2, 0.25) is 0 Å². The molecule has 0 aliphatic heterocycles. The molecule has 0 saturated heterocycles. The van der Waals surface area contributed by atoms with Crippen LogP contribution in [-0.4, -0.2) is 40.6 Å². The van der Waals surface area contributed by atoms with E-state index in [0.29, 0.717) is 6.42 Å². The SMILES string of the molecule is CC(=O)O[C@H](C[C@@H](C(C)C)N(C)C(=O)OC(C)(C)C)c1nc(C)cs1. The first kappa shape index (κ1) is 21.4. The number of aromatic nitrogens is 1. The Morgan fingerprint density at radius 2 is 1.92 bits per heavy atom. The minimum absolute atomic E-state index is 0.150. The number of carbonyl (C=O) groups is 2. The van der Waals surface area contributed by atoms with Crippen LogP contribution in [0.1, 0.15) is 64.8 Å². The maximum Gasteiger partial charge on any atom is 0.410 e. The number of amides is 1. The highest BCUT2D eigenvalue weighted by Crippen LogP contribution is 2.30. The molecule has 0 spiro atoms. The molecule has 142 valence electrons. The number of hydrogen-bond donors (Lipinski definition) is 0. The Labute approximate surface area is 154 Å². The molecule has 0 aliphatic rings. The molecule has 0 bridgehead atoms. The Kier molecular flexibility index (Phi) is 7.41. The molecule has 1 heterocycles. The van der Waals surface area contributed by atoms with Gasteiger partial charge in [0.15, 0.2) is 6.10 Å². The van der Waals surface area contributed by atoms with Gasteiger partial charge in [-0.25, -0.2) is 9.78 Å². The third-order valence-corrected chi connectivity index (χ3v) is 4.68. The van der Waals surface area contributed by atoms with Crippen LogP contribution in [0.3, 0.4) is 0 Å². The predicted molar refractivity (Wildman–Crippen MR) is 98.6 cm³/mol. The van der Waals surface area contributed by atoms with E-state index in [-0.39, 0.29) is 24.0 Å². The summed E-state index contributed by atoms with van der Waals surface area (Å²) in [4.78, 5) is 30.0. The number of aryl methyl sites for hydroxylation is 1. The molecule has 0 aliphatic carbocycles. The van der Waals surface area contributed by atoms with Crippen LogP contribution >= 0.6 is 11.3 Å². The van der Waals surface area contributed by atoms with Crippen molar-refractivity contribution < 1.29 is 19.1 Å². The van der Waals surface area contributed by atoms with Crippen molar-refractivity contribution in [2.75, 3.05) is 7.05 Å². The Balaban J connectivity index is 2.98. The summed E-state index contributed by atoms with van der Waals surface area (Å²) in [5, 5.41) is 2.67. The molecule has 1 amide bonds. The maximum atomic E-state index is 12.4. The lowest BCUT2D eigenvalue weighted by Gasteiger charge is -2.34. The Hall–Kier alpha value is -1.63. The Morgan fingerprint density at radius 3 is 2.32 bits per heavy atom. The summed E-state index contributed by atoms with van der Waals surface area (Å²) in [6.45, 7) is 12.9. The van der Waals surface area contributed by atoms with Crippen molar-refractivity contribution in [3.63, 3.8) is 0 Å². The van der Waals surface area contributed by atoms with Gasteiger partial charge in [0.05, 0.1) is 0 Å². The van der Waals surface area contributed by atoms with E-state index in [1.807, 2.05) is 46.9 Å². The summed E-state index contributed by atoms with van der Waals surface area (Å²) >= 11 is 1.46. The van der Waals surface area contributed by atoms with Crippen LogP contribution in [0.4, 0.5) is 4.79 Å². The van der Waals surface area contributed by atoms with Gasteiger partial charge in [0.1, 0.15) is 10.6 Å². The highest BCUT2D eigenvalue weighted by Gasteiger charge is 2.32. The number of nitrogens with zero attached hydrogens (tertiary/aromatic N) is 2.